The lowest BCUT2D eigenvalue weighted by molar-refractivity contribution is -0.384. The fourth-order valence-electron chi connectivity index (χ4n) is 2.16. The molecule has 0 radical (unpaired) electrons. The first kappa shape index (κ1) is 18.4. The standard InChI is InChI=1S/C18H19FN2O4/c19-15-5-9-17(10-6-15)25-12-2-1-11-20-18(22)13-14-3-7-16(8-4-14)21(23)24/h3-10H,1-2,11-13H2,(H,20,22). The number of carbonyl (C=O) groups excluding carboxylic acids is 1. The molecule has 25 heavy (non-hydrogen) atoms. The summed E-state index contributed by atoms with van der Waals surface area (Å²) in [6, 6.07) is 11.7. The Morgan fingerprint density at radius 1 is 1.08 bits per heavy atom. The minimum absolute atomic E-state index is 0.00492. The van der Waals surface area contributed by atoms with Gasteiger partial charge in [-0.25, -0.2) is 4.39 Å². The third-order valence-electron chi connectivity index (χ3n) is 3.49. The van der Waals surface area contributed by atoms with Crippen molar-refractivity contribution in [3.63, 3.8) is 0 Å². The Morgan fingerprint density at radius 2 is 1.76 bits per heavy atom. The van der Waals surface area contributed by atoms with Crippen LogP contribution in [0.1, 0.15) is 18.4 Å². The highest BCUT2D eigenvalue weighted by Crippen LogP contribution is 2.12. The first-order chi connectivity index (χ1) is 12.0. The molecule has 1 amide bonds. The van der Waals surface area contributed by atoms with Gasteiger partial charge in [0.05, 0.1) is 18.0 Å². The van der Waals surface area contributed by atoms with E-state index >= 15 is 0 Å². The number of nitrogens with one attached hydrogen (secondary N) is 1. The lowest BCUT2D eigenvalue weighted by atomic mass is 10.1. The number of unbranched alkanes of at least 4 members (excludes halogenated alkanes) is 1. The summed E-state index contributed by atoms with van der Waals surface area (Å²) in [5.74, 6) is 0.181. The second kappa shape index (κ2) is 9.36. The Labute approximate surface area is 144 Å². The maximum Gasteiger partial charge on any atom is 0.269 e. The number of carbonyl (C=O) groups is 1. The van der Waals surface area contributed by atoms with Gasteiger partial charge in [0.1, 0.15) is 11.6 Å². The molecule has 0 aliphatic carbocycles. The highest BCUT2D eigenvalue weighted by atomic mass is 19.1. The zero-order valence-corrected chi connectivity index (χ0v) is 13.6. The second-order valence-corrected chi connectivity index (χ2v) is 5.46. The third-order valence-corrected chi connectivity index (χ3v) is 3.49. The van der Waals surface area contributed by atoms with Gasteiger partial charge in [0.25, 0.3) is 5.69 Å². The van der Waals surface area contributed by atoms with Crippen molar-refractivity contribution in [2.75, 3.05) is 13.2 Å². The summed E-state index contributed by atoms with van der Waals surface area (Å²) in [7, 11) is 0. The van der Waals surface area contributed by atoms with Crippen molar-refractivity contribution in [2.45, 2.75) is 19.3 Å². The van der Waals surface area contributed by atoms with Gasteiger partial charge in [-0.05, 0) is 42.7 Å². The van der Waals surface area contributed by atoms with Crippen molar-refractivity contribution in [1.29, 1.82) is 0 Å². The first-order valence-corrected chi connectivity index (χ1v) is 7.93. The molecule has 0 aliphatic heterocycles. The van der Waals surface area contributed by atoms with Gasteiger partial charge in [-0.15, -0.1) is 0 Å². The summed E-state index contributed by atoms with van der Waals surface area (Å²) < 4.78 is 18.2. The summed E-state index contributed by atoms with van der Waals surface area (Å²) >= 11 is 0. The van der Waals surface area contributed by atoms with E-state index in [1.807, 2.05) is 0 Å². The fourth-order valence-corrected chi connectivity index (χ4v) is 2.16. The van der Waals surface area contributed by atoms with Crippen LogP contribution in [0, 0.1) is 15.9 Å². The van der Waals surface area contributed by atoms with Crippen molar-refractivity contribution in [1.82, 2.24) is 5.32 Å². The molecule has 0 aromatic heterocycles. The van der Waals surface area contributed by atoms with Crippen LogP contribution in [0.5, 0.6) is 5.75 Å². The van der Waals surface area contributed by atoms with Gasteiger partial charge in [-0.1, -0.05) is 12.1 Å². The maximum atomic E-state index is 12.7. The molecule has 0 fully saturated rings. The summed E-state index contributed by atoms with van der Waals surface area (Å²) in [6.07, 6.45) is 1.70. The Morgan fingerprint density at radius 3 is 2.40 bits per heavy atom. The monoisotopic (exact) mass is 346 g/mol. The molecule has 6 nitrogen and oxygen atoms in total. The molecule has 0 heterocycles. The van der Waals surface area contributed by atoms with E-state index in [1.54, 1.807) is 24.3 Å². The molecule has 0 saturated heterocycles. The van der Waals surface area contributed by atoms with Crippen molar-refractivity contribution >= 4 is 11.6 Å². The van der Waals surface area contributed by atoms with Gasteiger partial charge >= 0.3 is 0 Å². The zero-order valence-electron chi connectivity index (χ0n) is 13.6. The number of rotatable bonds is 9. The van der Waals surface area contributed by atoms with Gasteiger partial charge in [0, 0.05) is 18.7 Å². The molecular weight excluding hydrogens is 327 g/mol. The predicted molar refractivity (Wildman–Crippen MR) is 90.9 cm³/mol. The normalized spacial score (nSPS) is 10.3. The molecular formula is C18H19FN2O4. The van der Waals surface area contributed by atoms with Crippen LogP contribution >= 0.6 is 0 Å². The minimum Gasteiger partial charge on any atom is -0.494 e. The molecule has 1 N–H and O–H groups in total. The van der Waals surface area contributed by atoms with Gasteiger partial charge < -0.3 is 10.1 Å². The number of hydrogen-bond donors (Lipinski definition) is 1. The summed E-state index contributed by atoms with van der Waals surface area (Å²) in [4.78, 5) is 21.9. The molecule has 2 rings (SSSR count). The Bertz CT molecular complexity index is 702. The lowest BCUT2D eigenvalue weighted by Crippen LogP contribution is -2.26. The van der Waals surface area contributed by atoms with Crippen LogP contribution in [0.2, 0.25) is 0 Å². The van der Waals surface area contributed by atoms with Gasteiger partial charge in [0.2, 0.25) is 5.91 Å². The van der Waals surface area contributed by atoms with Crippen LogP contribution in [-0.2, 0) is 11.2 Å². The van der Waals surface area contributed by atoms with Crippen LogP contribution in [-0.4, -0.2) is 24.0 Å². The SMILES string of the molecule is O=C(Cc1ccc([N+](=O)[O-])cc1)NCCCCOc1ccc(F)cc1. The number of nitro groups is 1. The fraction of sp³-hybridized carbons (Fsp3) is 0.278. The van der Waals surface area contributed by atoms with Crippen LogP contribution in [0.25, 0.3) is 0 Å². The molecule has 132 valence electrons. The predicted octanol–water partition coefficient (Wildman–Crippen LogP) is 3.25. The van der Waals surface area contributed by atoms with E-state index < -0.39 is 4.92 Å². The second-order valence-electron chi connectivity index (χ2n) is 5.46. The lowest BCUT2D eigenvalue weighted by Gasteiger charge is -2.07. The summed E-state index contributed by atoms with van der Waals surface area (Å²) in [5, 5.41) is 13.4. The number of hydrogen-bond acceptors (Lipinski definition) is 4. The van der Waals surface area contributed by atoms with Gasteiger partial charge in [0.15, 0.2) is 0 Å². The molecule has 2 aromatic carbocycles. The van der Waals surface area contributed by atoms with E-state index in [0.29, 0.717) is 18.9 Å². The van der Waals surface area contributed by atoms with E-state index in [1.165, 1.54) is 24.3 Å². The molecule has 0 aliphatic rings. The zero-order chi connectivity index (χ0) is 18.1. The van der Waals surface area contributed by atoms with Crippen molar-refractivity contribution in [3.8, 4) is 5.75 Å². The van der Waals surface area contributed by atoms with E-state index in [2.05, 4.69) is 5.32 Å². The smallest absolute Gasteiger partial charge is 0.269 e. The van der Waals surface area contributed by atoms with E-state index in [4.69, 9.17) is 4.74 Å². The molecule has 0 saturated carbocycles. The topological polar surface area (TPSA) is 81.5 Å². The minimum atomic E-state index is -0.474. The van der Waals surface area contributed by atoms with E-state index in [-0.39, 0.29) is 23.8 Å². The van der Waals surface area contributed by atoms with Crippen molar-refractivity contribution in [2.24, 2.45) is 0 Å². The first-order valence-electron chi connectivity index (χ1n) is 7.93. The summed E-state index contributed by atoms with van der Waals surface area (Å²) in [5.41, 5.74) is 0.730. The average molecular weight is 346 g/mol. The van der Waals surface area contributed by atoms with Crippen LogP contribution < -0.4 is 10.1 Å². The van der Waals surface area contributed by atoms with Crippen LogP contribution in [0.3, 0.4) is 0 Å². The molecule has 0 atom stereocenters. The average Bonchev–Trinajstić information content (AvgIpc) is 2.60. The number of non-ortho nitro benzene ring substituents is 1. The van der Waals surface area contributed by atoms with Crippen LogP contribution in [0.15, 0.2) is 48.5 Å². The Kier molecular flexibility index (Phi) is 6.88. The highest BCUT2D eigenvalue weighted by Gasteiger charge is 2.07. The number of nitrogens with zero attached hydrogens (tertiary/aromatic N) is 1. The molecule has 7 heteroatoms. The highest BCUT2D eigenvalue weighted by molar-refractivity contribution is 5.78. The molecule has 0 unspecified atom stereocenters. The number of amides is 1. The Balaban J connectivity index is 1.59. The number of benzene rings is 2. The largest absolute Gasteiger partial charge is 0.494 e. The number of ether oxygens (including phenoxy) is 1. The quantitative estimate of drug-likeness (QED) is 0.429. The van der Waals surface area contributed by atoms with E-state index in [0.717, 1.165) is 18.4 Å². The molecule has 0 spiro atoms. The van der Waals surface area contributed by atoms with Crippen molar-refractivity contribution < 1.29 is 18.8 Å². The van der Waals surface area contributed by atoms with Crippen molar-refractivity contribution in [3.05, 3.63) is 70.0 Å². The Hall–Kier alpha value is -2.96. The number of halogens is 1. The maximum absolute atomic E-state index is 12.7. The van der Waals surface area contributed by atoms with Gasteiger partial charge in [-0.3, -0.25) is 14.9 Å². The van der Waals surface area contributed by atoms with Crippen LogP contribution in [0.4, 0.5) is 10.1 Å². The van der Waals surface area contributed by atoms with Gasteiger partial charge in [-0.2, -0.15) is 0 Å². The molecule has 2 aromatic rings. The van der Waals surface area contributed by atoms with E-state index in [9.17, 15) is 19.3 Å². The number of nitro benzene ring substituents is 1. The summed E-state index contributed by atoms with van der Waals surface area (Å²) in [6.45, 7) is 1.02. The third kappa shape index (κ3) is 6.58. The molecule has 0 bridgehead atoms.